The van der Waals surface area contributed by atoms with Gasteiger partial charge in [-0.15, -0.1) is 0 Å². The van der Waals surface area contributed by atoms with Gasteiger partial charge in [0.25, 0.3) is 0 Å². The fourth-order valence-corrected chi connectivity index (χ4v) is 2.09. The van der Waals surface area contributed by atoms with Gasteiger partial charge in [0.15, 0.2) is 0 Å². The molecule has 0 heterocycles. The molecule has 0 saturated heterocycles. The van der Waals surface area contributed by atoms with Gasteiger partial charge in [0, 0.05) is 13.1 Å². The number of carbonyl (C=O) groups is 1. The quantitative estimate of drug-likeness (QED) is 0.846. The van der Waals surface area contributed by atoms with E-state index in [1.807, 2.05) is 0 Å². The van der Waals surface area contributed by atoms with Crippen molar-refractivity contribution in [1.82, 2.24) is 10.6 Å². The van der Waals surface area contributed by atoms with Crippen LogP contribution in [0.2, 0.25) is 0 Å². The standard InChI is InChI=1S/C17H18F2N2O/c18-15-6-3-4-13(12-15)8-10-20-17(22)21-11-9-14-5-1-2-7-16(14)19/h1-7,12H,8-11H2,(H2,20,21,22). The van der Waals surface area contributed by atoms with Gasteiger partial charge >= 0.3 is 6.03 Å². The second-order valence-electron chi connectivity index (χ2n) is 4.90. The molecule has 2 N–H and O–H groups in total. The molecule has 2 aromatic carbocycles. The van der Waals surface area contributed by atoms with Gasteiger partial charge in [0.1, 0.15) is 11.6 Å². The Hall–Kier alpha value is -2.43. The highest BCUT2D eigenvalue weighted by molar-refractivity contribution is 5.73. The summed E-state index contributed by atoms with van der Waals surface area (Å²) >= 11 is 0. The van der Waals surface area contributed by atoms with Crippen LogP contribution in [0.25, 0.3) is 0 Å². The Balaban J connectivity index is 1.65. The SMILES string of the molecule is O=C(NCCc1cccc(F)c1)NCCc1ccccc1F. The van der Waals surface area contributed by atoms with E-state index >= 15 is 0 Å². The summed E-state index contributed by atoms with van der Waals surface area (Å²) in [6.07, 6.45) is 0.989. The number of urea groups is 1. The molecule has 0 aromatic heterocycles. The number of rotatable bonds is 6. The van der Waals surface area contributed by atoms with Crippen LogP contribution in [0.3, 0.4) is 0 Å². The third-order valence-electron chi connectivity index (χ3n) is 3.23. The van der Waals surface area contributed by atoms with E-state index in [0.717, 1.165) is 5.56 Å². The summed E-state index contributed by atoms with van der Waals surface area (Å²) in [5, 5.41) is 5.35. The lowest BCUT2D eigenvalue weighted by molar-refractivity contribution is 0.241. The van der Waals surface area contributed by atoms with Crippen LogP contribution in [0.1, 0.15) is 11.1 Å². The summed E-state index contributed by atoms with van der Waals surface area (Å²) in [6.45, 7) is 0.766. The first-order valence-corrected chi connectivity index (χ1v) is 7.15. The maximum absolute atomic E-state index is 13.4. The molecular weight excluding hydrogens is 286 g/mol. The monoisotopic (exact) mass is 304 g/mol. The van der Waals surface area contributed by atoms with Crippen molar-refractivity contribution in [2.75, 3.05) is 13.1 Å². The zero-order valence-electron chi connectivity index (χ0n) is 12.1. The van der Waals surface area contributed by atoms with E-state index in [1.165, 1.54) is 18.2 Å². The molecule has 0 fully saturated rings. The second-order valence-corrected chi connectivity index (χ2v) is 4.90. The molecule has 2 aromatic rings. The molecule has 2 rings (SSSR count). The summed E-state index contributed by atoms with van der Waals surface area (Å²) in [5.74, 6) is -0.553. The van der Waals surface area contributed by atoms with Crippen molar-refractivity contribution in [1.29, 1.82) is 0 Å². The van der Waals surface area contributed by atoms with Crippen LogP contribution in [-0.2, 0) is 12.8 Å². The van der Waals surface area contributed by atoms with E-state index < -0.39 is 0 Å². The average Bonchev–Trinajstić information content (AvgIpc) is 2.49. The van der Waals surface area contributed by atoms with Crippen molar-refractivity contribution in [3.05, 3.63) is 71.3 Å². The van der Waals surface area contributed by atoms with E-state index in [4.69, 9.17) is 0 Å². The molecular formula is C17H18F2N2O. The number of nitrogens with one attached hydrogen (secondary N) is 2. The molecule has 5 heteroatoms. The summed E-state index contributed by atoms with van der Waals surface area (Å²) < 4.78 is 26.4. The summed E-state index contributed by atoms with van der Waals surface area (Å²) in [5.41, 5.74) is 1.40. The topological polar surface area (TPSA) is 41.1 Å². The third kappa shape index (κ3) is 5.16. The molecule has 0 unspecified atom stereocenters. The minimum atomic E-state index is -0.312. The number of carbonyl (C=O) groups excluding carboxylic acids is 1. The highest BCUT2D eigenvalue weighted by Crippen LogP contribution is 2.06. The van der Waals surface area contributed by atoms with Gasteiger partial charge in [0.05, 0.1) is 0 Å². The number of amides is 2. The fraction of sp³-hybridized carbons (Fsp3) is 0.235. The van der Waals surface area contributed by atoms with E-state index in [1.54, 1.807) is 30.3 Å². The van der Waals surface area contributed by atoms with Gasteiger partial charge in [-0.25, -0.2) is 13.6 Å². The molecule has 0 aliphatic heterocycles. The predicted octanol–water partition coefficient (Wildman–Crippen LogP) is 3.05. The van der Waals surface area contributed by atoms with Crippen LogP contribution < -0.4 is 10.6 Å². The molecule has 0 atom stereocenters. The highest BCUT2D eigenvalue weighted by atomic mass is 19.1. The van der Waals surface area contributed by atoms with Gasteiger partial charge in [-0.2, -0.15) is 0 Å². The van der Waals surface area contributed by atoms with Gasteiger partial charge in [-0.3, -0.25) is 0 Å². The predicted molar refractivity (Wildman–Crippen MR) is 81.6 cm³/mol. The maximum atomic E-state index is 13.4. The third-order valence-corrected chi connectivity index (χ3v) is 3.23. The van der Waals surface area contributed by atoms with Gasteiger partial charge in [-0.1, -0.05) is 30.3 Å². The Kier molecular flexibility index (Phi) is 5.89. The van der Waals surface area contributed by atoms with Gasteiger partial charge in [0.2, 0.25) is 0 Å². The second kappa shape index (κ2) is 8.12. The Morgan fingerprint density at radius 2 is 1.64 bits per heavy atom. The minimum Gasteiger partial charge on any atom is -0.338 e. The molecule has 116 valence electrons. The van der Waals surface area contributed by atoms with Crippen molar-refractivity contribution in [3.8, 4) is 0 Å². The van der Waals surface area contributed by atoms with Crippen LogP contribution in [-0.4, -0.2) is 19.1 Å². The zero-order chi connectivity index (χ0) is 15.8. The first-order chi connectivity index (χ1) is 10.6. The summed E-state index contributed by atoms with van der Waals surface area (Å²) in [6, 6.07) is 12.4. The highest BCUT2D eigenvalue weighted by Gasteiger charge is 2.03. The number of benzene rings is 2. The molecule has 0 radical (unpaired) electrons. The first-order valence-electron chi connectivity index (χ1n) is 7.15. The summed E-state index contributed by atoms with van der Waals surface area (Å²) in [4.78, 5) is 11.6. The van der Waals surface area contributed by atoms with Crippen molar-refractivity contribution in [2.45, 2.75) is 12.8 Å². The van der Waals surface area contributed by atoms with Gasteiger partial charge < -0.3 is 10.6 Å². The molecule has 22 heavy (non-hydrogen) atoms. The van der Waals surface area contributed by atoms with E-state index in [9.17, 15) is 13.6 Å². The summed E-state index contributed by atoms with van der Waals surface area (Å²) in [7, 11) is 0. The lowest BCUT2D eigenvalue weighted by Gasteiger charge is -2.08. The molecule has 0 saturated carbocycles. The molecule has 0 aliphatic rings. The number of halogens is 2. The number of hydrogen-bond donors (Lipinski definition) is 2. The van der Waals surface area contributed by atoms with Crippen molar-refractivity contribution < 1.29 is 13.6 Å². The van der Waals surface area contributed by atoms with E-state index in [-0.39, 0.29) is 17.7 Å². The zero-order valence-corrected chi connectivity index (χ0v) is 12.1. The lowest BCUT2D eigenvalue weighted by Crippen LogP contribution is -2.37. The maximum Gasteiger partial charge on any atom is 0.314 e. The molecule has 0 aliphatic carbocycles. The van der Waals surface area contributed by atoms with Gasteiger partial charge in [-0.05, 0) is 42.2 Å². The first kappa shape index (κ1) is 15.9. The van der Waals surface area contributed by atoms with Crippen LogP contribution in [0, 0.1) is 11.6 Å². The lowest BCUT2D eigenvalue weighted by atomic mass is 10.1. The van der Waals surface area contributed by atoms with Crippen molar-refractivity contribution in [3.63, 3.8) is 0 Å². The smallest absolute Gasteiger partial charge is 0.314 e. The Morgan fingerprint density at radius 3 is 2.36 bits per heavy atom. The van der Waals surface area contributed by atoms with Crippen LogP contribution >= 0.6 is 0 Å². The normalized spacial score (nSPS) is 10.3. The molecule has 0 bridgehead atoms. The van der Waals surface area contributed by atoms with E-state index in [2.05, 4.69) is 10.6 Å². The minimum absolute atomic E-state index is 0.268. The Bertz CT molecular complexity index is 632. The van der Waals surface area contributed by atoms with E-state index in [0.29, 0.717) is 31.5 Å². The number of hydrogen-bond acceptors (Lipinski definition) is 1. The average molecular weight is 304 g/mol. The molecule has 0 spiro atoms. The van der Waals surface area contributed by atoms with Crippen LogP contribution in [0.5, 0.6) is 0 Å². The Morgan fingerprint density at radius 1 is 0.909 bits per heavy atom. The Labute approximate surface area is 128 Å². The fourth-order valence-electron chi connectivity index (χ4n) is 2.09. The van der Waals surface area contributed by atoms with Crippen LogP contribution in [0.15, 0.2) is 48.5 Å². The largest absolute Gasteiger partial charge is 0.338 e. The van der Waals surface area contributed by atoms with Crippen LogP contribution in [0.4, 0.5) is 13.6 Å². The van der Waals surface area contributed by atoms with Crippen molar-refractivity contribution in [2.24, 2.45) is 0 Å². The van der Waals surface area contributed by atoms with Crippen molar-refractivity contribution >= 4 is 6.03 Å². The molecule has 3 nitrogen and oxygen atoms in total. The molecule has 2 amide bonds.